The van der Waals surface area contributed by atoms with Crippen molar-refractivity contribution in [2.24, 2.45) is 11.3 Å². The molecule has 2 atom stereocenters. The molecule has 0 radical (unpaired) electrons. The van der Waals surface area contributed by atoms with Crippen LogP contribution in [0.5, 0.6) is 0 Å². The molecular formula is C15H22ClN. The van der Waals surface area contributed by atoms with Crippen molar-refractivity contribution < 1.29 is 0 Å². The number of nitrogens with zero attached hydrogens (tertiary/aromatic N) is 1. The van der Waals surface area contributed by atoms with Crippen molar-refractivity contribution >= 4 is 11.6 Å². The summed E-state index contributed by atoms with van der Waals surface area (Å²) in [6.45, 7) is 9.28. The second kappa shape index (κ2) is 4.62. The molecule has 1 aliphatic heterocycles. The number of rotatable bonds is 1. The molecule has 1 fully saturated rings. The lowest BCUT2D eigenvalue weighted by Crippen LogP contribution is -2.26. The molecule has 0 bridgehead atoms. The lowest BCUT2D eigenvalue weighted by atomic mass is 9.73. The first-order valence-corrected chi connectivity index (χ1v) is 6.70. The summed E-state index contributed by atoms with van der Waals surface area (Å²) in [6, 6.07) is 8.30. The number of likely N-dealkylation sites (tertiary alicyclic amines) is 1. The molecule has 94 valence electrons. The van der Waals surface area contributed by atoms with Gasteiger partial charge in [0.05, 0.1) is 0 Å². The summed E-state index contributed by atoms with van der Waals surface area (Å²) >= 11 is 6.35. The first-order chi connectivity index (χ1) is 7.89. The van der Waals surface area contributed by atoms with E-state index in [1.54, 1.807) is 0 Å². The molecule has 2 heteroatoms. The van der Waals surface area contributed by atoms with Crippen LogP contribution >= 0.6 is 11.6 Å². The Morgan fingerprint density at radius 3 is 2.41 bits per heavy atom. The third kappa shape index (κ3) is 2.66. The van der Waals surface area contributed by atoms with Crippen molar-refractivity contribution in [2.45, 2.75) is 26.7 Å². The zero-order valence-electron chi connectivity index (χ0n) is 11.2. The Bertz CT molecular complexity index is 394. The van der Waals surface area contributed by atoms with Gasteiger partial charge in [0.15, 0.2) is 0 Å². The zero-order valence-corrected chi connectivity index (χ0v) is 12.0. The van der Waals surface area contributed by atoms with Crippen molar-refractivity contribution in [1.82, 2.24) is 4.90 Å². The van der Waals surface area contributed by atoms with Crippen LogP contribution in [0.25, 0.3) is 0 Å². The molecule has 1 aliphatic rings. The van der Waals surface area contributed by atoms with Crippen LogP contribution in [0.3, 0.4) is 0 Å². The predicted molar refractivity (Wildman–Crippen MR) is 74.6 cm³/mol. The van der Waals surface area contributed by atoms with E-state index in [-0.39, 0.29) is 0 Å². The Labute approximate surface area is 110 Å². The molecule has 0 saturated carbocycles. The summed E-state index contributed by atoms with van der Waals surface area (Å²) in [7, 11) is 2.20. The van der Waals surface area contributed by atoms with E-state index in [2.05, 4.69) is 44.9 Å². The second-order valence-corrected chi connectivity index (χ2v) is 6.73. The monoisotopic (exact) mass is 251 g/mol. The van der Waals surface area contributed by atoms with Crippen LogP contribution in [-0.4, -0.2) is 25.0 Å². The van der Waals surface area contributed by atoms with Gasteiger partial charge in [-0.25, -0.2) is 0 Å². The Hall–Kier alpha value is -0.530. The summed E-state index contributed by atoms with van der Waals surface area (Å²) in [4.78, 5) is 2.42. The number of benzene rings is 1. The minimum absolute atomic E-state index is 0.328. The van der Waals surface area contributed by atoms with E-state index in [1.165, 1.54) is 12.1 Å². The summed E-state index contributed by atoms with van der Waals surface area (Å²) < 4.78 is 0. The molecule has 0 N–H and O–H groups in total. The van der Waals surface area contributed by atoms with Crippen molar-refractivity contribution in [3.05, 3.63) is 34.9 Å². The van der Waals surface area contributed by atoms with E-state index >= 15 is 0 Å². The van der Waals surface area contributed by atoms with Gasteiger partial charge in [0.1, 0.15) is 0 Å². The highest BCUT2D eigenvalue weighted by Crippen LogP contribution is 2.44. The summed E-state index contributed by atoms with van der Waals surface area (Å²) in [6.07, 6.45) is 0. The fraction of sp³-hybridized carbons (Fsp3) is 0.600. The Morgan fingerprint density at radius 2 is 1.82 bits per heavy atom. The Balaban J connectivity index is 2.34. The molecule has 0 spiro atoms. The molecule has 1 nitrogen and oxygen atoms in total. The van der Waals surface area contributed by atoms with Crippen molar-refractivity contribution in [1.29, 1.82) is 0 Å². The van der Waals surface area contributed by atoms with Crippen LogP contribution in [0, 0.1) is 11.3 Å². The van der Waals surface area contributed by atoms with E-state index in [1.807, 2.05) is 12.1 Å². The van der Waals surface area contributed by atoms with E-state index < -0.39 is 0 Å². The molecule has 2 unspecified atom stereocenters. The Morgan fingerprint density at radius 1 is 1.18 bits per heavy atom. The van der Waals surface area contributed by atoms with Crippen LogP contribution in [-0.2, 0) is 0 Å². The average Bonchev–Trinajstić information content (AvgIpc) is 2.60. The highest BCUT2D eigenvalue weighted by atomic mass is 35.5. The number of halogens is 1. The minimum Gasteiger partial charge on any atom is -0.305 e. The molecule has 1 heterocycles. The van der Waals surface area contributed by atoms with Gasteiger partial charge in [-0.1, -0.05) is 50.6 Å². The van der Waals surface area contributed by atoms with E-state index in [4.69, 9.17) is 11.6 Å². The molecule has 1 aromatic rings. The summed E-state index contributed by atoms with van der Waals surface area (Å²) in [5, 5.41) is 0.919. The molecular weight excluding hydrogens is 230 g/mol. The van der Waals surface area contributed by atoms with Crippen LogP contribution in [0.4, 0.5) is 0 Å². The number of hydrogen-bond donors (Lipinski definition) is 0. The average molecular weight is 252 g/mol. The highest BCUT2D eigenvalue weighted by molar-refractivity contribution is 6.31. The van der Waals surface area contributed by atoms with Crippen LogP contribution < -0.4 is 0 Å². The third-order valence-corrected chi connectivity index (χ3v) is 4.26. The number of hydrogen-bond acceptors (Lipinski definition) is 1. The molecule has 2 rings (SSSR count). The van der Waals surface area contributed by atoms with E-state index in [0.29, 0.717) is 17.3 Å². The maximum atomic E-state index is 6.35. The molecule has 0 amide bonds. The topological polar surface area (TPSA) is 3.24 Å². The molecule has 0 aromatic heterocycles. The molecule has 1 aromatic carbocycles. The van der Waals surface area contributed by atoms with Gasteiger partial charge in [0.2, 0.25) is 0 Å². The highest BCUT2D eigenvalue weighted by Gasteiger charge is 2.39. The number of likely N-dealkylation sites (N-methyl/N-ethyl adjacent to an activating group) is 1. The van der Waals surface area contributed by atoms with E-state index in [9.17, 15) is 0 Å². The van der Waals surface area contributed by atoms with Crippen molar-refractivity contribution in [3.63, 3.8) is 0 Å². The van der Waals surface area contributed by atoms with Gasteiger partial charge in [-0.05, 0) is 30.0 Å². The maximum absolute atomic E-state index is 6.35. The van der Waals surface area contributed by atoms with Crippen molar-refractivity contribution in [2.75, 3.05) is 20.1 Å². The van der Waals surface area contributed by atoms with Crippen molar-refractivity contribution in [3.8, 4) is 0 Å². The van der Waals surface area contributed by atoms with Crippen LogP contribution in [0.1, 0.15) is 32.3 Å². The summed E-state index contributed by atoms with van der Waals surface area (Å²) in [5.74, 6) is 1.24. The smallest absolute Gasteiger partial charge is 0.0441 e. The standard InChI is InChI=1S/C15H22ClN/c1-15(2,3)13-10-17(4)9-12(13)11-7-5-6-8-14(11)16/h5-8,12-13H,9-10H2,1-4H3. The third-order valence-electron chi connectivity index (χ3n) is 3.92. The molecule has 1 saturated heterocycles. The van der Waals surface area contributed by atoms with Gasteiger partial charge in [-0.15, -0.1) is 0 Å². The second-order valence-electron chi connectivity index (χ2n) is 6.32. The summed E-state index contributed by atoms with van der Waals surface area (Å²) in [5.41, 5.74) is 1.65. The fourth-order valence-corrected chi connectivity index (χ4v) is 3.24. The maximum Gasteiger partial charge on any atom is 0.0441 e. The Kier molecular flexibility index (Phi) is 3.51. The van der Waals surface area contributed by atoms with Gasteiger partial charge in [-0.3, -0.25) is 0 Å². The first kappa shape index (κ1) is 12.9. The largest absolute Gasteiger partial charge is 0.305 e. The molecule has 17 heavy (non-hydrogen) atoms. The lowest BCUT2D eigenvalue weighted by Gasteiger charge is -2.32. The molecule has 0 aliphatic carbocycles. The SMILES string of the molecule is CN1CC(c2ccccc2Cl)C(C(C)(C)C)C1. The predicted octanol–water partition coefficient (Wildman–Crippen LogP) is 4.03. The van der Waals surface area contributed by atoms with Gasteiger partial charge in [0, 0.05) is 24.0 Å². The van der Waals surface area contributed by atoms with Crippen LogP contribution in [0.2, 0.25) is 5.02 Å². The normalized spacial score (nSPS) is 26.4. The quantitative estimate of drug-likeness (QED) is 0.729. The van der Waals surface area contributed by atoms with E-state index in [0.717, 1.165) is 11.6 Å². The zero-order chi connectivity index (χ0) is 12.6. The minimum atomic E-state index is 0.328. The fourth-order valence-electron chi connectivity index (χ4n) is 2.97. The van der Waals surface area contributed by atoms with Crippen LogP contribution in [0.15, 0.2) is 24.3 Å². The lowest BCUT2D eigenvalue weighted by molar-refractivity contribution is 0.226. The van der Waals surface area contributed by atoms with Gasteiger partial charge >= 0.3 is 0 Å². The van der Waals surface area contributed by atoms with Gasteiger partial charge < -0.3 is 4.90 Å². The van der Waals surface area contributed by atoms with Gasteiger partial charge in [-0.2, -0.15) is 0 Å². The van der Waals surface area contributed by atoms with Gasteiger partial charge in [0.25, 0.3) is 0 Å². The first-order valence-electron chi connectivity index (χ1n) is 6.32.